The van der Waals surface area contributed by atoms with Crippen LogP contribution in [0.25, 0.3) is 0 Å². The maximum absolute atomic E-state index is 2.46. The third-order valence-electron chi connectivity index (χ3n) is 0.845. The maximum Gasteiger partial charge on any atom is 0.0115 e. The van der Waals surface area contributed by atoms with Crippen LogP contribution in [0, 0.1) is 6.42 Å². The first-order valence-electron chi connectivity index (χ1n) is 1.85. The van der Waals surface area contributed by atoms with Crippen LogP contribution in [-0.2, 0) is 0 Å². The smallest absolute Gasteiger partial charge is 0.0115 e. The van der Waals surface area contributed by atoms with Gasteiger partial charge in [-0.15, -0.1) is 0 Å². The van der Waals surface area contributed by atoms with Gasteiger partial charge in [-0.25, -0.2) is 0 Å². The molecule has 0 nitrogen and oxygen atoms in total. The largest absolute Gasteiger partial charge is 0.0826 e. The Hall–Kier alpha value is 0.730. The van der Waals surface area contributed by atoms with E-state index in [9.17, 15) is 0 Å². The lowest BCUT2D eigenvalue weighted by molar-refractivity contribution is 0.698. The summed E-state index contributed by atoms with van der Waals surface area (Å²) in [6, 6.07) is 0. The molecule has 0 aliphatic heterocycles. The van der Waals surface area contributed by atoms with E-state index < -0.39 is 0 Å². The molecular weight excluding hydrogens is 175 g/mol. The zero-order chi connectivity index (χ0) is 3.70. The van der Waals surface area contributed by atoms with Crippen LogP contribution in [0.2, 0.25) is 0 Å². The highest BCUT2D eigenvalue weighted by molar-refractivity contribution is 14.1. The number of hydrogen-bond acceptors (Lipinski definition) is 0. The summed E-state index contributed by atoms with van der Waals surface area (Å²) < 4.78 is 0.979. The Balaban J connectivity index is 2.08. The predicted molar refractivity (Wildman–Crippen MR) is 31.3 cm³/mol. The molecule has 1 aliphatic carbocycles. The van der Waals surface area contributed by atoms with E-state index in [1.54, 1.807) is 0 Å². The molecule has 0 unspecified atom stereocenters. The third-order valence-corrected chi connectivity index (χ3v) is 1.86. The van der Waals surface area contributed by atoms with Crippen LogP contribution in [0.4, 0.5) is 0 Å². The van der Waals surface area contributed by atoms with Crippen LogP contribution >= 0.6 is 22.6 Å². The SMILES string of the molecule is IC1C[CH]C1. The van der Waals surface area contributed by atoms with Crippen LogP contribution in [0.5, 0.6) is 0 Å². The first-order chi connectivity index (χ1) is 2.39. The van der Waals surface area contributed by atoms with Crippen molar-refractivity contribution in [2.45, 2.75) is 16.8 Å². The molecular formula is C4H6I. The van der Waals surface area contributed by atoms with Crippen molar-refractivity contribution in [3.8, 4) is 0 Å². The minimum Gasteiger partial charge on any atom is -0.0826 e. The average Bonchev–Trinajstić information content (AvgIpc) is 1.30. The van der Waals surface area contributed by atoms with Gasteiger partial charge in [-0.2, -0.15) is 0 Å². The van der Waals surface area contributed by atoms with E-state index in [2.05, 4.69) is 29.0 Å². The number of hydrogen-bond donors (Lipinski definition) is 0. The van der Waals surface area contributed by atoms with Crippen LogP contribution in [0.1, 0.15) is 12.8 Å². The first kappa shape index (κ1) is 3.90. The molecule has 0 aromatic rings. The summed E-state index contributed by atoms with van der Waals surface area (Å²) in [5.41, 5.74) is 0. The van der Waals surface area contributed by atoms with Gasteiger partial charge in [-0.05, 0) is 19.3 Å². The van der Waals surface area contributed by atoms with Gasteiger partial charge in [0.15, 0.2) is 0 Å². The lowest BCUT2D eigenvalue weighted by Gasteiger charge is -2.16. The van der Waals surface area contributed by atoms with Crippen LogP contribution in [0.3, 0.4) is 0 Å². The third kappa shape index (κ3) is 0.778. The molecule has 0 aromatic carbocycles. The molecule has 0 bridgehead atoms. The van der Waals surface area contributed by atoms with Crippen LogP contribution < -0.4 is 0 Å². The van der Waals surface area contributed by atoms with Gasteiger partial charge in [-0.3, -0.25) is 0 Å². The second-order valence-corrected chi connectivity index (χ2v) is 3.12. The number of rotatable bonds is 0. The molecule has 1 heteroatoms. The zero-order valence-electron chi connectivity index (χ0n) is 2.95. The Kier molecular flexibility index (Phi) is 1.13. The molecule has 0 spiro atoms. The molecule has 1 fully saturated rings. The second-order valence-electron chi connectivity index (χ2n) is 1.36. The van der Waals surface area contributed by atoms with Crippen molar-refractivity contribution in [2.24, 2.45) is 0 Å². The molecule has 1 aliphatic rings. The Morgan fingerprint density at radius 1 is 1.60 bits per heavy atom. The Labute approximate surface area is 46.1 Å². The molecule has 1 saturated carbocycles. The lowest BCUT2D eigenvalue weighted by Crippen LogP contribution is -2.08. The van der Waals surface area contributed by atoms with Crippen molar-refractivity contribution >= 4 is 22.6 Å². The molecule has 0 aromatic heterocycles. The normalized spacial score (nSPS) is 25.8. The van der Waals surface area contributed by atoms with Gasteiger partial charge < -0.3 is 0 Å². The van der Waals surface area contributed by atoms with Gasteiger partial charge in [0, 0.05) is 3.92 Å². The minimum atomic E-state index is 0.979. The fraction of sp³-hybridized carbons (Fsp3) is 0.750. The van der Waals surface area contributed by atoms with Crippen molar-refractivity contribution in [3.05, 3.63) is 6.42 Å². The van der Waals surface area contributed by atoms with Crippen LogP contribution in [-0.4, -0.2) is 3.92 Å². The molecule has 1 rings (SSSR count). The van der Waals surface area contributed by atoms with Crippen molar-refractivity contribution < 1.29 is 0 Å². The fourth-order valence-electron chi connectivity index (χ4n) is 0.293. The van der Waals surface area contributed by atoms with Gasteiger partial charge in [0.2, 0.25) is 0 Å². The van der Waals surface area contributed by atoms with E-state index in [4.69, 9.17) is 0 Å². The molecule has 29 valence electrons. The van der Waals surface area contributed by atoms with E-state index in [1.165, 1.54) is 12.8 Å². The van der Waals surface area contributed by atoms with Crippen molar-refractivity contribution in [1.29, 1.82) is 0 Å². The molecule has 5 heavy (non-hydrogen) atoms. The zero-order valence-corrected chi connectivity index (χ0v) is 5.10. The monoisotopic (exact) mass is 181 g/mol. The summed E-state index contributed by atoms with van der Waals surface area (Å²) in [5.74, 6) is 0. The molecule has 1 radical (unpaired) electrons. The van der Waals surface area contributed by atoms with Gasteiger partial charge in [-0.1, -0.05) is 22.6 Å². The Morgan fingerprint density at radius 3 is 2.00 bits per heavy atom. The van der Waals surface area contributed by atoms with E-state index in [0.717, 1.165) is 3.92 Å². The van der Waals surface area contributed by atoms with Gasteiger partial charge in [0.05, 0.1) is 0 Å². The number of halogens is 1. The highest BCUT2D eigenvalue weighted by Gasteiger charge is 2.11. The topological polar surface area (TPSA) is 0 Å². The quantitative estimate of drug-likeness (QED) is 0.394. The molecule has 0 amide bonds. The summed E-state index contributed by atoms with van der Waals surface area (Å²) in [6.45, 7) is 0. The standard InChI is InChI=1S/C4H6I/c5-4-2-1-3-4/h1,4H,2-3H2. The van der Waals surface area contributed by atoms with E-state index in [-0.39, 0.29) is 0 Å². The van der Waals surface area contributed by atoms with Crippen LogP contribution in [0.15, 0.2) is 0 Å². The van der Waals surface area contributed by atoms with Crippen molar-refractivity contribution in [1.82, 2.24) is 0 Å². The average molecular weight is 181 g/mol. The van der Waals surface area contributed by atoms with Crippen molar-refractivity contribution in [3.63, 3.8) is 0 Å². The molecule has 0 saturated heterocycles. The molecule has 0 heterocycles. The lowest BCUT2D eigenvalue weighted by atomic mass is 10.0. The summed E-state index contributed by atoms with van der Waals surface area (Å²) in [7, 11) is 0. The summed E-state index contributed by atoms with van der Waals surface area (Å²) in [4.78, 5) is 0. The fourth-order valence-corrected chi connectivity index (χ4v) is 1.01. The Bertz CT molecular complexity index is 30.6. The maximum atomic E-state index is 2.46. The molecule has 0 N–H and O–H groups in total. The summed E-state index contributed by atoms with van der Waals surface area (Å²) in [5, 5.41) is 0. The Morgan fingerprint density at radius 2 is 2.00 bits per heavy atom. The van der Waals surface area contributed by atoms with Gasteiger partial charge in [0.1, 0.15) is 0 Å². The number of alkyl halides is 1. The van der Waals surface area contributed by atoms with E-state index in [0.29, 0.717) is 0 Å². The summed E-state index contributed by atoms with van der Waals surface area (Å²) >= 11 is 2.46. The molecule has 0 atom stereocenters. The van der Waals surface area contributed by atoms with Crippen molar-refractivity contribution in [2.75, 3.05) is 0 Å². The second kappa shape index (κ2) is 1.45. The van der Waals surface area contributed by atoms with E-state index in [1.807, 2.05) is 0 Å². The highest BCUT2D eigenvalue weighted by atomic mass is 127. The first-order valence-corrected chi connectivity index (χ1v) is 3.10. The highest BCUT2D eigenvalue weighted by Crippen LogP contribution is 2.24. The predicted octanol–water partition coefficient (Wildman–Crippen LogP) is 1.79. The van der Waals surface area contributed by atoms with E-state index >= 15 is 0 Å². The minimum absolute atomic E-state index is 0.979. The van der Waals surface area contributed by atoms with Gasteiger partial charge in [0.25, 0.3) is 0 Å². The van der Waals surface area contributed by atoms with Gasteiger partial charge >= 0.3 is 0 Å². The summed E-state index contributed by atoms with van der Waals surface area (Å²) in [6.07, 6.45) is 5.01.